The Morgan fingerprint density at radius 1 is 0.698 bits per heavy atom. The summed E-state index contributed by atoms with van der Waals surface area (Å²) in [5.74, 6) is 2.18. The maximum absolute atomic E-state index is 13.3. The van der Waals surface area contributed by atoms with E-state index < -0.39 is 46.3 Å². The molecule has 0 aliphatic carbocycles. The van der Waals surface area contributed by atoms with E-state index in [1.807, 2.05) is 103 Å². The lowest BCUT2D eigenvalue weighted by atomic mass is 9.97. The van der Waals surface area contributed by atoms with Crippen molar-refractivity contribution in [2.45, 2.75) is 58.3 Å². The highest BCUT2D eigenvalue weighted by molar-refractivity contribution is 7.99. The van der Waals surface area contributed by atoms with Crippen molar-refractivity contribution in [3.05, 3.63) is 120 Å². The minimum atomic E-state index is -1.81. The van der Waals surface area contributed by atoms with E-state index in [2.05, 4.69) is 5.32 Å². The van der Waals surface area contributed by atoms with E-state index in [1.54, 1.807) is 21.3 Å². The van der Waals surface area contributed by atoms with Crippen molar-refractivity contribution in [1.82, 2.24) is 5.32 Å². The summed E-state index contributed by atoms with van der Waals surface area (Å²) in [5.41, 5.74) is 2.04. The molecule has 1 aliphatic rings. The van der Waals surface area contributed by atoms with Crippen LogP contribution >= 0.6 is 46.6 Å². The molecule has 284 valence electrons. The van der Waals surface area contributed by atoms with Gasteiger partial charge in [-0.25, -0.2) is 4.79 Å². The molecule has 1 amide bonds. The van der Waals surface area contributed by atoms with Crippen LogP contribution in [-0.4, -0.2) is 74.2 Å². The van der Waals surface area contributed by atoms with E-state index in [-0.39, 0.29) is 19.8 Å². The predicted octanol–water partition coefficient (Wildman–Crippen LogP) is 8.38. The van der Waals surface area contributed by atoms with Gasteiger partial charge in [-0.15, -0.1) is 0 Å². The molecule has 0 saturated carbocycles. The molecule has 0 unspecified atom stereocenters. The van der Waals surface area contributed by atoms with Crippen molar-refractivity contribution >= 4 is 52.7 Å². The zero-order valence-corrected chi connectivity index (χ0v) is 32.5. The van der Waals surface area contributed by atoms with Crippen molar-refractivity contribution in [3.8, 4) is 17.2 Å². The third-order valence-corrected chi connectivity index (χ3v) is 9.71. The van der Waals surface area contributed by atoms with Crippen LogP contribution in [0.5, 0.6) is 17.2 Å². The Kier molecular flexibility index (Phi) is 15.6. The molecule has 0 aromatic heterocycles. The lowest BCUT2D eigenvalue weighted by Gasteiger charge is -2.46. The Balaban J connectivity index is 1.47. The summed E-state index contributed by atoms with van der Waals surface area (Å²) in [6.07, 6.45) is -2.97. The summed E-state index contributed by atoms with van der Waals surface area (Å²) in [4.78, 5) is 14.2. The highest BCUT2D eigenvalue weighted by atomic mass is 35.6. The molecule has 5 atom stereocenters. The number of methoxy groups -OCH3 is 3. The number of alkyl carbamates (subject to hydrolysis) is 1. The first-order valence-electron chi connectivity index (χ1n) is 16.7. The molecule has 5 rings (SSSR count). The molecule has 0 radical (unpaired) electrons. The highest BCUT2D eigenvalue weighted by Crippen LogP contribution is 2.37. The fourth-order valence-electron chi connectivity index (χ4n) is 5.49. The topological polar surface area (TPSA) is 103 Å². The highest BCUT2D eigenvalue weighted by Gasteiger charge is 2.49. The Labute approximate surface area is 329 Å². The molecule has 4 aromatic rings. The van der Waals surface area contributed by atoms with Crippen LogP contribution in [0, 0.1) is 0 Å². The van der Waals surface area contributed by atoms with E-state index in [0.29, 0.717) is 12.4 Å². The quantitative estimate of drug-likeness (QED) is 0.105. The monoisotopic (exact) mass is 805 g/mol. The second kappa shape index (κ2) is 20.3. The number of thioether (sulfide) groups is 1. The minimum Gasteiger partial charge on any atom is -0.497 e. The lowest BCUT2D eigenvalue weighted by Crippen LogP contribution is -2.64. The first-order chi connectivity index (χ1) is 25.6. The molecule has 1 N–H and O–H groups in total. The van der Waals surface area contributed by atoms with Crippen LogP contribution in [0.2, 0.25) is 0 Å². The maximum atomic E-state index is 13.3. The fourth-order valence-corrected chi connectivity index (χ4v) is 6.81. The molecule has 1 heterocycles. The van der Waals surface area contributed by atoms with Crippen molar-refractivity contribution in [1.29, 1.82) is 0 Å². The average Bonchev–Trinajstić information content (AvgIpc) is 3.17. The molecule has 1 saturated heterocycles. The van der Waals surface area contributed by atoms with E-state index in [1.165, 1.54) is 11.8 Å². The van der Waals surface area contributed by atoms with Crippen LogP contribution in [0.4, 0.5) is 4.79 Å². The summed E-state index contributed by atoms with van der Waals surface area (Å²) in [5, 5.41) is 2.95. The first kappa shape index (κ1) is 40.8. The van der Waals surface area contributed by atoms with Gasteiger partial charge in [0.25, 0.3) is 0 Å². The van der Waals surface area contributed by atoms with Crippen LogP contribution in [-0.2, 0) is 43.5 Å². The first-order valence-corrected chi connectivity index (χ1v) is 18.7. The second-order valence-electron chi connectivity index (χ2n) is 11.9. The number of rotatable bonds is 17. The van der Waals surface area contributed by atoms with E-state index in [0.717, 1.165) is 33.1 Å². The lowest BCUT2D eigenvalue weighted by molar-refractivity contribution is -0.215. The maximum Gasteiger partial charge on any atom is 0.407 e. The molecule has 1 aliphatic heterocycles. The number of hydrogen-bond acceptors (Lipinski definition) is 10. The molecule has 14 heteroatoms. The zero-order valence-electron chi connectivity index (χ0n) is 29.5. The van der Waals surface area contributed by atoms with Gasteiger partial charge in [0.15, 0.2) is 0 Å². The standard InChI is InChI=1S/C39H42Cl3NO9S/c1-45-29-15-9-26(10-16-29)21-48-24-33-35(49-22-27-11-17-30(46-2)18-12-27)36(50-23-28-13-19-31(47-3)20-14-28)34(43-38(44)51-25-39(40,41)42)37(52-33)53-32-7-5-4-6-8-32/h4-20,33-37H,21-25H2,1-3H3,(H,43,44)/t33-,34-,35-,36-,37+/m1/s1. The third kappa shape index (κ3) is 12.9. The number of carbonyl (C=O) groups is 1. The van der Waals surface area contributed by atoms with Crippen molar-refractivity contribution in [2.24, 2.45) is 0 Å². The molecule has 1 fully saturated rings. The summed E-state index contributed by atoms with van der Waals surface area (Å²) in [6, 6.07) is 31.6. The molecule has 0 spiro atoms. The molecular formula is C39H42Cl3NO9S. The largest absolute Gasteiger partial charge is 0.497 e. The Bertz CT molecular complexity index is 1680. The van der Waals surface area contributed by atoms with Crippen LogP contribution < -0.4 is 19.5 Å². The summed E-state index contributed by atoms with van der Waals surface area (Å²) < 4.78 is 46.0. The average molecular weight is 807 g/mol. The summed E-state index contributed by atoms with van der Waals surface area (Å²) in [7, 11) is 4.84. The van der Waals surface area contributed by atoms with Crippen molar-refractivity contribution in [3.63, 3.8) is 0 Å². The third-order valence-electron chi connectivity index (χ3n) is 8.21. The second-order valence-corrected chi connectivity index (χ2v) is 15.6. The Morgan fingerprint density at radius 3 is 1.68 bits per heavy atom. The molecule has 0 bridgehead atoms. The number of halogens is 3. The van der Waals surface area contributed by atoms with Crippen LogP contribution in [0.15, 0.2) is 108 Å². The number of hydrogen-bond donors (Lipinski definition) is 1. The summed E-state index contributed by atoms with van der Waals surface area (Å²) >= 11 is 19.1. The van der Waals surface area contributed by atoms with Gasteiger partial charge in [0.1, 0.15) is 47.6 Å². The van der Waals surface area contributed by atoms with Crippen LogP contribution in [0.25, 0.3) is 0 Å². The molecule has 10 nitrogen and oxygen atoms in total. The predicted molar refractivity (Wildman–Crippen MR) is 205 cm³/mol. The molecular weight excluding hydrogens is 765 g/mol. The van der Waals surface area contributed by atoms with Crippen molar-refractivity contribution < 1.29 is 42.7 Å². The van der Waals surface area contributed by atoms with Gasteiger partial charge in [-0.3, -0.25) is 0 Å². The molecule has 4 aromatic carbocycles. The van der Waals surface area contributed by atoms with E-state index in [9.17, 15) is 4.79 Å². The van der Waals surface area contributed by atoms with Gasteiger partial charge < -0.3 is 43.2 Å². The fraction of sp³-hybridized carbons (Fsp3) is 0.359. The van der Waals surface area contributed by atoms with Crippen molar-refractivity contribution in [2.75, 3.05) is 34.5 Å². The van der Waals surface area contributed by atoms with E-state index >= 15 is 0 Å². The van der Waals surface area contributed by atoms with E-state index in [4.69, 9.17) is 72.7 Å². The Morgan fingerprint density at radius 2 is 1.19 bits per heavy atom. The number of alkyl halides is 3. The Hall–Kier alpha value is -3.39. The van der Waals surface area contributed by atoms with Gasteiger partial charge in [-0.1, -0.05) is 101 Å². The number of ether oxygens (including phenoxy) is 8. The smallest absolute Gasteiger partial charge is 0.407 e. The number of nitrogens with one attached hydrogen (secondary N) is 1. The normalized spacial score (nSPS) is 20.0. The van der Waals surface area contributed by atoms with Crippen LogP contribution in [0.3, 0.4) is 0 Å². The molecule has 53 heavy (non-hydrogen) atoms. The van der Waals surface area contributed by atoms with Gasteiger partial charge in [-0.05, 0) is 65.2 Å². The van der Waals surface area contributed by atoms with Crippen LogP contribution in [0.1, 0.15) is 16.7 Å². The SMILES string of the molecule is COc1ccc(COC[C@H]2O[C@@H](Sc3ccccc3)[C@H](NC(=O)OCC(Cl)(Cl)Cl)[C@@H](OCc3ccc(OC)cc3)[C@@H]2OCc2ccc(OC)cc2)cc1. The van der Waals surface area contributed by atoms with Gasteiger partial charge in [0.05, 0.1) is 53.8 Å². The number of benzene rings is 4. The minimum absolute atomic E-state index is 0.151. The van der Waals surface area contributed by atoms with Gasteiger partial charge in [-0.2, -0.15) is 0 Å². The number of amides is 1. The summed E-state index contributed by atoms with van der Waals surface area (Å²) in [6.45, 7) is 0.382. The van der Waals surface area contributed by atoms with Gasteiger partial charge >= 0.3 is 6.09 Å². The van der Waals surface area contributed by atoms with Gasteiger partial charge in [0.2, 0.25) is 3.79 Å². The van der Waals surface area contributed by atoms with Gasteiger partial charge in [0, 0.05) is 4.90 Å². The number of carbonyl (C=O) groups excluding carboxylic acids is 1. The zero-order chi connectivity index (χ0) is 37.6.